The van der Waals surface area contributed by atoms with Gasteiger partial charge < -0.3 is 10.1 Å². The highest BCUT2D eigenvalue weighted by atomic mass is 35.5. The van der Waals surface area contributed by atoms with E-state index < -0.39 is 11.8 Å². The van der Waals surface area contributed by atoms with Crippen LogP contribution < -0.4 is 15.0 Å². The number of hydrogen-bond donors (Lipinski definition) is 1. The number of carbonyl (C=O) groups is 2. The molecule has 2 amide bonds. The summed E-state index contributed by atoms with van der Waals surface area (Å²) < 4.78 is 5.38. The van der Waals surface area contributed by atoms with Crippen LogP contribution in [0.5, 0.6) is 5.75 Å². The van der Waals surface area contributed by atoms with Gasteiger partial charge in [0, 0.05) is 15.7 Å². The third-order valence-corrected chi connectivity index (χ3v) is 5.45. The van der Waals surface area contributed by atoms with E-state index in [0.29, 0.717) is 27.0 Å². The molecule has 7 heteroatoms. The lowest BCUT2D eigenvalue weighted by Gasteiger charge is -2.19. The normalized spacial score (nSPS) is 13.7. The fourth-order valence-corrected chi connectivity index (χ4v) is 3.87. The number of anilines is 2. The second-order valence-corrected chi connectivity index (χ2v) is 7.84. The molecule has 3 aromatic rings. The maximum Gasteiger partial charge on any atom is 0.282 e. The number of halogens is 2. The van der Waals surface area contributed by atoms with E-state index in [9.17, 15) is 9.59 Å². The molecule has 0 saturated heterocycles. The number of methoxy groups -OCH3 is 1. The molecule has 0 atom stereocenters. The summed E-state index contributed by atoms with van der Waals surface area (Å²) in [7, 11) is 1.47. The van der Waals surface area contributed by atoms with Crippen LogP contribution in [0.3, 0.4) is 0 Å². The highest BCUT2D eigenvalue weighted by Crippen LogP contribution is 2.39. The molecule has 0 unspecified atom stereocenters. The molecule has 4 rings (SSSR count). The van der Waals surface area contributed by atoms with E-state index in [4.69, 9.17) is 27.9 Å². The molecule has 0 saturated carbocycles. The van der Waals surface area contributed by atoms with Gasteiger partial charge in [-0.05, 0) is 54.4 Å². The zero-order chi connectivity index (χ0) is 22.1. The summed E-state index contributed by atoms with van der Waals surface area (Å²) >= 11 is 12.2. The van der Waals surface area contributed by atoms with E-state index in [-0.39, 0.29) is 17.0 Å². The number of nitrogens with zero attached hydrogens (tertiary/aromatic N) is 1. The zero-order valence-electron chi connectivity index (χ0n) is 16.8. The number of rotatable bonds is 5. The molecule has 0 aromatic heterocycles. The lowest BCUT2D eigenvalue weighted by molar-refractivity contribution is -0.120. The third-order valence-electron chi connectivity index (χ3n) is 4.98. The standard InChI is InChI=1S/C24H18Cl2N2O3/c1-14-12-16(25)8-10-18(14)27-22-21(15-6-4-3-5-7-15)23(29)28(24(22)30)19-13-17(26)9-11-20(19)31-2/h3-13,27H,1-2H3. The first-order chi connectivity index (χ1) is 14.9. The first kappa shape index (κ1) is 21.0. The van der Waals surface area contributed by atoms with Crippen LogP contribution in [0.2, 0.25) is 10.0 Å². The van der Waals surface area contributed by atoms with Gasteiger partial charge in [-0.1, -0.05) is 53.5 Å². The Balaban J connectivity index is 1.86. The molecule has 5 nitrogen and oxygen atoms in total. The van der Waals surface area contributed by atoms with Crippen molar-refractivity contribution in [3.63, 3.8) is 0 Å². The molecule has 1 aliphatic rings. The molecular formula is C24H18Cl2N2O3. The largest absolute Gasteiger partial charge is 0.495 e. The van der Waals surface area contributed by atoms with Crippen molar-refractivity contribution in [3.05, 3.63) is 93.6 Å². The lowest BCUT2D eigenvalue weighted by atomic mass is 10.0. The maximum absolute atomic E-state index is 13.5. The number of ether oxygens (including phenoxy) is 1. The number of amides is 2. The van der Waals surface area contributed by atoms with Gasteiger partial charge in [0.1, 0.15) is 11.4 Å². The molecule has 1 N–H and O–H groups in total. The van der Waals surface area contributed by atoms with Gasteiger partial charge in [0.25, 0.3) is 11.8 Å². The monoisotopic (exact) mass is 452 g/mol. The van der Waals surface area contributed by atoms with Gasteiger partial charge in [0.2, 0.25) is 0 Å². The smallest absolute Gasteiger partial charge is 0.282 e. The summed E-state index contributed by atoms with van der Waals surface area (Å²) in [6.07, 6.45) is 0. The molecular weight excluding hydrogens is 435 g/mol. The fraction of sp³-hybridized carbons (Fsp3) is 0.0833. The van der Waals surface area contributed by atoms with Gasteiger partial charge in [0.15, 0.2) is 0 Å². The van der Waals surface area contributed by atoms with Gasteiger partial charge in [-0.2, -0.15) is 0 Å². The van der Waals surface area contributed by atoms with Crippen LogP contribution in [0.25, 0.3) is 5.57 Å². The topological polar surface area (TPSA) is 58.6 Å². The van der Waals surface area contributed by atoms with E-state index in [1.165, 1.54) is 13.2 Å². The summed E-state index contributed by atoms with van der Waals surface area (Å²) in [5.41, 5.74) is 2.85. The summed E-state index contributed by atoms with van der Waals surface area (Å²) in [5, 5.41) is 4.12. The SMILES string of the molecule is COc1ccc(Cl)cc1N1C(=O)C(Nc2ccc(Cl)cc2C)=C(c2ccccc2)C1=O. The fourth-order valence-electron chi connectivity index (χ4n) is 3.48. The maximum atomic E-state index is 13.5. The van der Waals surface area contributed by atoms with Gasteiger partial charge >= 0.3 is 0 Å². The average Bonchev–Trinajstić information content (AvgIpc) is 3.00. The minimum atomic E-state index is -0.501. The van der Waals surface area contributed by atoms with Crippen molar-refractivity contribution in [2.24, 2.45) is 0 Å². The van der Waals surface area contributed by atoms with Crippen LogP contribution in [-0.2, 0) is 9.59 Å². The van der Waals surface area contributed by atoms with Crippen molar-refractivity contribution in [1.29, 1.82) is 0 Å². The number of hydrogen-bond acceptors (Lipinski definition) is 4. The van der Waals surface area contributed by atoms with Gasteiger partial charge in [-0.15, -0.1) is 0 Å². The van der Waals surface area contributed by atoms with Crippen LogP contribution in [-0.4, -0.2) is 18.9 Å². The molecule has 0 spiro atoms. The Hall–Kier alpha value is -3.28. The number of benzene rings is 3. The minimum Gasteiger partial charge on any atom is -0.495 e. The van der Waals surface area contributed by atoms with Gasteiger partial charge in [0.05, 0.1) is 18.4 Å². The molecule has 1 heterocycles. The second kappa shape index (κ2) is 8.46. The number of imide groups is 1. The molecule has 0 fully saturated rings. The molecule has 0 radical (unpaired) electrons. The zero-order valence-corrected chi connectivity index (χ0v) is 18.3. The van der Waals surface area contributed by atoms with E-state index in [1.807, 2.05) is 25.1 Å². The average molecular weight is 453 g/mol. The van der Waals surface area contributed by atoms with Crippen molar-refractivity contribution < 1.29 is 14.3 Å². The van der Waals surface area contributed by atoms with Crippen LogP contribution in [0, 0.1) is 6.92 Å². The lowest BCUT2D eigenvalue weighted by Crippen LogP contribution is -2.32. The Morgan fingerprint density at radius 2 is 1.55 bits per heavy atom. The first-order valence-corrected chi connectivity index (χ1v) is 10.2. The highest BCUT2D eigenvalue weighted by Gasteiger charge is 2.41. The summed E-state index contributed by atoms with van der Waals surface area (Å²) in [6, 6.07) is 19.1. The van der Waals surface area contributed by atoms with Crippen LogP contribution >= 0.6 is 23.2 Å². The van der Waals surface area contributed by atoms with Gasteiger partial charge in [-0.3, -0.25) is 9.59 Å². The van der Waals surface area contributed by atoms with E-state index in [2.05, 4.69) is 5.32 Å². The predicted octanol–water partition coefficient (Wildman–Crippen LogP) is 5.71. The van der Waals surface area contributed by atoms with Crippen molar-refractivity contribution in [2.45, 2.75) is 6.92 Å². The van der Waals surface area contributed by atoms with Crippen molar-refractivity contribution in [1.82, 2.24) is 0 Å². The summed E-state index contributed by atoms with van der Waals surface area (Å²) in [5.74, 6) is -0.605. The molecule has 0 aliphatic carbocycles. The van der Waals surface area contributed by atoms with Crippen molar-refractivity contribution in [2.75, 3.05) is 17.3 Å². The Kier molecular flexibility index (Phi) is 5.72. The number of carbonyl (C=O) groups excluding carboxylic acids is 2. The van der Waals surface area contributed by atoms with Crippen LogP contribution in [0.1, 0.15) is 11.1 Å². The first-order valence-electron chi connectivity index (χ1n) is 9.46. The van der Waals surface area contributed by atoms with Crippen molar-refractivity contribution in [3.8, 4) is 5.75 Å². The molecule has 1 aliphatic heterocycles. The number of aryl methyl sites for hydroxylation is 1. The Labute approximate surface area is 189 Å². The Morgan fingerprint density at radius 3 is 2.23 bits per heavy atom. The molecule has 156 valence electrons. The Morgan fingerprint density at radius 1 is 0.871 bits per heavy atom. The van der Waals surface area contributed by atoms with Crippen LogP contribution in [0.15, 0.2) is 72.4 Å². The van der Waals surface area contributed by atoms with E-state index in [0.717, 1.165) is 10.5 Å². The number of nitrogens with one attached hydrogen (secondary N) is 1. The van der Waals surface area contributed by atoms with Crippen LogP contribution in [0.4, 0.5) is 11.4 Å². The van der Waals surface area contributed by atoms with E-state index >= 15 is 0 Å². The quantitative estimate of drug-likeness (QED) is 0.503. The Bertz CT molecular complexity index is 1220. The van der Waals surface area contributed by atoms with Crippen molar-refractivity contribution >= 4 is 52.0 Å². The summed E-state index contributed by atoms with van der Waals surface area (Å²) in [6.45, 7) is 1.87. The summed E-state index contributed by atoms with van der Waals surface area (Å²) in [4.78, 5) is 28.1. The predicted molar refractivity (Wildman–Crippen MR) is 124 cm³/mol. The molecule has 31 heavy (non-hydrogen) atoms. The molecule has 3 aromatic carbocycles. The minimum absolute atomic E-state index is 0.170. The third kappa shape index (κ3) is 3.90. The highest BCUT2D eigenvalue weighted by molar-refractivity contribution is 6.46. The second-order valence-electron chi connectivity index (χ2n) is 6.96. The van der Waals surface area contributed by atoms with Gasteiger partial charge in [-0.25, -0.2) is 4.90 Å². The van der Waals surface area contributed by atoms with E-state index in [1.54, 1.807) is 42.5 Å². The molecule has 0 bridgehead atoms.